The second-order valence-electron chi connectivity index (χ2n) is 6.67. The standard InChI is InChI=1S/C17H22N4O2.CH4/c1-11-5-6-14-16(18-11)21(13-3-2-4-13)17(19-14)20-15(22)9-12-7-8-23-10-12;/h5-6,12-13H,2-4,7-10H2,1H3,(H,19,20,22);1H4. The van der Waals surface area contributed by atoms with Crippen molar-refractivity contribution in [3.63, 3.8) is 0 Å². The number of nitrogens with one attached hydrogen (secondary N) is 1. The van der Waals surface area contributed by atoms with Crippen molar-refractivity contribution < 1.29 is 9.53 Å². The molecule has 2 fully saturated rings. The summed E-state index contributed by atoms with van der Waals surface area (Å²) in [6.45, 7) is 3.44. The van der Waals surface area contributed by atoms with E-state index in [2.05, 4.69) is 19.9 Å². The second kappa shape index (κ2) is 6.89. The van der Waals surface area contributed by atoms with E-state index in [1.54, 1.807) is 0 Å². The van der Waals surface area contributed by atoms with Crippen LogP contribution < -0.4 is 5.32 Å². The molecular weight excluding hydrogens is 304 g/mol. The van der Waals surface area contributed by atoms with E-state index < -0.39 is 0 Å². The van der Waals surface area contributed by atoms with Crippen LogP contribution in [0.2, 0.25) is 0 Å². The molecule has 1 unspecified atom stereocenters. The maximum absolute atomic E-state index is 12.4. The smallest absolute Gasteiger partial charge is 0.227 e. The molecular formula is C18H26N4O2. The molecule has 3 heterocycles. The van der Waals surface area contributed by atoms with E-state index >= 15 is 0 Å². The molecule has 2 aliphatic rings. The Balaban J connectivity index is 0.00000169. The monoisotopic (exact) mass is 330 g/mol. The highest BCUT2D eigenvalue weighted by Crippen LogP contribution is 2.36. The summed E-state index contributed by atoms with van der Waals surface area (Å²) in [6.07, 6.45) is 4.94. The average Bonchev–Trinajstić information content (AvgIpc) is 3.07. The first-order valence-corrected chi connectivity index (χ1v) is 8.44. The lowest BCUT2D eigenvalue weighted by molar-refractivity contribution is -0.117. The normalized spacial score (nSPS) is 20.6. The number of ether oxygens (including phenoxy) is 1. The zero-order valence-electron chi connectivity index (χ0n) is 13.4. The van der Waals surface area contributed by atoms with E-state index in [1.807, 2.05) is 19.1 Å². The van der Waals surface area contributed by atoms with E-state index in [4.69, 9.17) is 4.74 Å². The van der Waals surface area contributed by atoms with Gasteiger partial charge >= 0.3 is 0 Å². The summed E-state index contributed by atoms with van der Waals surface area (Å²) in [5.41, 5.74) is 2.70. The molecule has 24 heavy (non-hydrogen) atoms. The molecule has 0 spiro atoms. The lowest BCUT2D eigenvalue weighted by Crippen LogP contribution is -2.23. The Morgan fingerprint density at radius 2 is 2.17 bits per heavy atom. The lowest BCUT2D eigenvalue weighted by Gasteiger charge is -2.28. The SMILES string of the molecule is C.Cc1ccc2nc(NC(=O)CC3CCOC3)n(C3CCC3)c2n1. The highest BCUT2D eigenvalue weighted by Gasteiger charge is 2.27. The number of hydrogen-bond donors (Lipinski definition) is 1. The third-order valence-corrected chi connectivity index (χ3v) is 4.87. The van der Waals surface area contributed by atoms with Crippen LogP contribution in [0.25, 0.3) is 11.2 Å². The fraction of sp³-hybridized carbons (Fsp3) is 0.611. The van der Waals surface area contributed by atoms with Crippen molar-refractivity contribution in [2.24, 2.45) is 5.92 Å². The van der Waals surface area contributed by atoms with Gasteiger partial charge in [-0.2, -0.15) is 0 Å². The molecule has 1 atom stereocenters. The van der Waals surface area contributed by atoms with Gasteiger partial charge in [0.1, 0.15) is 5.52 Å². The first-order chi connectivity index (χ1) is 11.2. The molecule has 1 amide bonds. The number of imidazole rings is 1. The number of aryl methyl sites for hydroxylation is 1. The fourth-order valence-electron chi connectivity index (χ4n) is 3.33. The first kappa shape index (κ1) is 16.9. The van der Waals surface area contributed by atoms with Crippen molar-refractivity contribution in [2.45, 2.75) is 52.5 Å². The highest BCUT2D eigenvalue weighted by atomic mass is 16.5. The predicted molar refractivity (Wildman–Crippen MR) is 94.1 cm³/mol. The number of carbonyl (C=O) groups is 1. The van der Waals surface area contributed by atoms with Crippen molar-refractivity contribution >= 4 is 23.0 Å². The molecule has 1 saturated heterocycles. The number of amides is 1. The zero-order valence-corrected chi connectivity index (χ0v) is 13.4. The van der Waals surface area contributed by atoms with Gasteiger partial charge in [0.25, 0.3) is 0 Å². The van der Waals surface area contributed by atoms with E-state index in [0.29, 0.717) is 30.9 Å². The largest absolute Gasteiger partial charge is 0.381 e. The van der Waals surface area contributed by atoms with Crippen molar-refractivity contribution in [3.8, 4) is 0 Å². The van der Waals surface area contributed by atoms with E-state index in [0.717, 1.165) is 42.7 Å². The van der Waals surface area contributed by atoms with Gasteiger partial charge in [-0.25, -0.2) is 9.97 Å². The Morgan fingerprint density at radius 1 is 1.33 bits per heavy atom. The third kappa shape index (κ3) is 3.15. The fourth-order valence-corrected chi connectivity index (χ4v) is 3.33. The van der Waals surface area contributed by atoms with Crippen LogP contribution in [0.5, 0.6) is 0 Å². The van der Waals surface area contributed by atoms with E-state index in [-0.39, 0.29) is 13.3 Å². The molecule has 0 radical (unpaired) electrons. The summed E-state index contributed by atoms with van der Waals surface area (Å²) >= 11 is 0. The third-order valence-electron chi connectivity index (χ3n) is 4.87. The van der Waals surface area contributed by atoms with Crippen LogP contribution in [0.3, 0.4) is 0 Å². The summed E-state index contributed by atoms with van der Waals surface area (Å²) in [4.78, 5) is 21.6. The topological polar surface area (TPSA) is 69.0 Å². The number of hydrogen-bond acceptors (Lipinski definition) is 4. The molecule has 2 aromatic heterocycles. The summed E-state index contributed by atoms with van der Waals surface area (Å²) < 4.78 is 7.47. The highest BCUT2D eigenvalue weighted by molar-refractivity contribution is 5.91. The van der Waals surface area contributed by atoms with Gasteiger partial charge in [0.2, 0.25) is 11.9 Å². The Bertz CT molecular complexity index is 730. The predicted octanol–water partition coefficient (Wildman–Crippen LogP) is 3.47. The van der Waals surface area contributed by atoms with Crippen LogP contribution in [0, 0.1) is 12.8 Å². The minimum absolute atomic E-state index is 0. The lowest BCUT2D eigenvalue weighted by atomic mass is 9.93. The van der Waals surface area contributed by atoms with Gasteiger partial charge in [-0.3, -0.25) is 14.7 Å². The summed E-state index contributed by atoms with van der Waals surface area (Å²) in [6, 6.07) is 4.34. The molecule has 130 valence electrons. The molecule has 2 aromatic rings. The molecule has 1 saturated carbocycles. The number of anilines is 1. The Morgan fingerprint density at radius 3 is 2.83 bits per heavy atom. The maximum atomic E-state index is 12.4. The van der Waals surface area contributed by atoms with Gasteiger partial charge < -0.3 is 4.74 Å². The molecule has 1 N–H and O–H groups in total. The second-order valence-corrected chi connectivity index (χ2v) is 6.67. The summed E-state index contributed by atoms with van der Waals surface area (Å²) in [7, 11) is 0. The Labute approximate surface area is 142 Å². The van der Waals surface area contributed by atoms with Crippen LogP contribution in [-0.2, 0) is 9.53 Å². The number of rotatable bonds is 4. The molecule has 0 aromatic carbocycles. The maximum Gasteiger partial charge on any atom is 0.227 e. The van der Waals surface area contributed by atoms with Gasteiger partial charge in [0.15, 0.2) is 5.65 Å². The average molecular weight is 330 g/mol. The number of fused-ring (bicyclic) bond motifs is 1. The Hall–Kier alpha value is -1.95. The van der Waals surface area contributed by atoms with Crippen LogP contribution in [0.4, 0.5) is 5.95 Å². The van der Waals surface area contributed by atoms with Crippen molar-refractivity contribution in [2.75, 3.05) is 18.5 Å². The van der Waals surface area contributed by atoms with Crippen LogP contribution >= 0.6 is 0 Å². The molecule has 1 aliphatic carbocycles. The molecule has 6 nitrogen and oxygen atoms in total. The summed E-state index contributed by atoms with van der Waals surface area (Å²) in [5, 5.41) is 3.01. The number of carbonyl (C=O) groups excluding carboxylic acids is 1. The van der Waals surface area contributed by atoms with E-state index in [1.165, 1.54) is 6.42 Å². The molecule has 0 bridgehead atoms. The zero-order chi connectivity index (χ0) is 15.8. The minimum atomic E-state index is 0. The number of pyridine rings is 1. The molecule has 6 heteroatoms. The van der Waals surface area contributed by atoms with Gasteiger partial charge in [-0.1, -0.05) is 7.43 Å². The van der Waals surface area contributed by atoms with Crippen LogP contribution in [-0.4, -0.2) is 33.7 Å². The number of nitrogens with zero attached hydrogens (tertiary/aromatic N) is 3. The minimum Gasteiger partial charge on any atom is -0.381 e. The molecule has 1 aliphatic heterocycles. The Kier molecular flexibility index (Phi) is 4.85. The quantitative estimate of drug-likeness (QED) is 0.932. The van der Waals surface area contributed by atoms with Crippen molar-refractivity contribution in [3.05, 3.63) is 17.8 Å². The summed E-state index contributed by atoms with van der Waals surface area (Å²) in [5.74, 6) is 0.997. The van der Waals surface area contributed by atoms with Gasteiger partial charge in [-0.05, 0) is 50.7 Å². The van der Waals surface area contributed by atoms with Gasteiger partial charge in [-0.15, -0.1) is 0 Å². The number of aromatic nitrogens is 3. The van der Waals surface area contributed by atoms with Crippen LogP contribution in [0.15, 0.2) is 12.1 Å². The van der Waals surface area contributed by atoms with Crippen molar-refractivity contribution in [1.29, 1.82) is 0 Å². The van der Waals surface area contributed by atoms with Gasteiger partial charge in [0.05, 0.1) is 0 Å². The van der Waals surface area contributed by atoms with Crippen molar-refractivity contribution in [1.82, 2.24) is 14.5 Å². The first-order valence-electron chi connectivity index (χ1n) is 8.44. The molecule has 4 rings (SSSR count). The van der Waals surface area contributed by atoms with E-state index in [9.17, 15) is 4.79 Å². The van der Waals surface area contributed by atoms with Gasteiger partial charge in [0, 0.05) is 31.4 Å². The van der Waals surface area contributed by atoms with Crippen LogP contribution in [0.1, 0.15) is 51.3 Å².